The van der Waals surface area contributed by atoms with Crippen molar-refractivity contribution in [1.29, 1.82) is 0 Å². The van der Waals surface area contributed by atoms with Crippen LogP contribution in [0.1, 0.15) is 16.1 Å². The standard InChI is InChI=1S/C21H21N3O2S.ClH/c1-14-8-9-16-19(12-14)27-21(22-16)24(11-10-23(2)3)20(25)18-13-15-6-4-5-7-17(15)26-18;/h4-9,12-13H,10-11H2,1-3H3;1H. The van der Waals surface area contributed by atoms with Crippen LogP contribution >= 0.6 is 23.7 Å². The van der Waals surface area contributed by atoms with Gasteiger partial charge in [0.05, 0.1) is 10.2 Å². The third kappa shape index (κ3) is 4.04. The maximum absolute atomic E-state index is 13.3. The van der Waals surface area contributed by atoms with Crippen LogP contribution in [0.2, 0.25) is 0 Å². The Morgan fingerprint density at radius 1 is 1.11 bits per heavy atom. The maximum atomic E-state index is 13.3. The number of aromatic nitrogens is 1. The second-order valence-corrected chi connectivity index (χ2v) is 7.89. The van der Waals surface area contributed by atoms with Gasteiger partial charge in [-0.3, -0.25) is 9.69 Å². The number of hydrogen-bond donors (Lipinski definition) is 0. The minimum absolute atomic E-state index is 0. The molecule has 0 spiro atoms. The minimum Gasteiger partial charge on any atom is -0.451 e. The number of hydrogen-bond acceptors (Lipinski definition) is 5. The molecule has 2 aromatic heterocycles. The lowest BCUT2D eigenvalue weighted by Crippen LogP contribution is -2.36. The number of carbonyl (C=O) groups excluding carboxylic acids is 1. The van der Waals surface area contributed by atoms with Crippen molar-refractivity contribution in [2.45, 2.75) is 6.92 Å². The van der Waals surface area contributed by atoms with E-state index in [1.165, 1.54) is 16.9 Å². The van der Waals surface area contributed by atoms with Gasteiger partial charge in [0.15, 0.2) is 10.9 Å². The normalized spacial score (nSPS) is 11.1. The van der Waals surface area contributed by atoms with Gasteiger partial charge < -0.3 is 9.32 Å². The van der Waals surface area contributed by atoms with Crippen LogP contribution in [0.3, 0.4) is 0 Å². The number of benzene rings is 2. The van der Waals surface area contributed by atoms with Gasteiger partial charge in [-0.2, -0.15) is 0 Å². The number of carbonyl (C=O) groups is 1. The number of fused-ring (bicyclic) bond motifs is 2. The molecule has 0 atom stereocenters. The molecular formula is C21H22ClN3O2S. The van der Waals surface area contributed by atoms with Crippen molar-refractivity contribution in [1.82, 2.24) is 9.88 Å². The molecule has 4 rings (SSSR count). The third-order valence-corrected chi connectivity index (χ3v) is 5.46. The molecule has 7 heteroatoms. The molecule has 0 aliphatic rings. The molecule has 0 aliphatic carbocycles. The highest BCUT2D eigenvalue weighted by Gasteiger charge is 2.24. The fourth-order valence-corrected chi connectivity index (χ4v) is 4.03. The van der Waals surface area contributed by atoms with Crippen molar-refractivity contribution in [3.8, 4) is 0 Å². The summed E-state index contributed by atoms with van der Waals surface area (Å²) in [7, 11) is 3.98. The second-order valence-electron chi connectivity index (χ2n) is 6.88. The number of anilines is 1. The van der Waals surface area contributed by atoms with Crippen molar-refractivity contribution in [2.24, 2.45) is 0 Å². The van der Waals surface area contributed by atoms with E-state index in [4.69, 9.17) is 9.40 Å². The van der Waals surface area contributed by atoms with Crippen molar-refractivity contribution in [3.05, 3.63) is 59.9 Å². The Balaban J connectivity index is 0.00000225. The second kappa shape index (κ2) is 8.31. The zero-order valence-electron chi connectivity index (χ0n) is 16.0. The summed E-state index contributed by atoms with van der Waals surface area (Å²) in [5.74, 6) is 0.175. The largest absolute Gasteiger partial charge is 0.451 e. The number of para-hydroxylation sites is 1. The minimum atomic E-state index is -0.163. The fourth-order valence-electron chi connectivity index (χ4n) is 2.94. The van der Waals surface area contributed by atoms with Crippen LogP contribution < -0.4 is 4.90 Å². The van der Waals surface area contributed by atoms with Crippen LogP contribution in [0.15, 0.2) is 52.9 Å². The number of rotatable bonds is 5. The fraction of sp³-hybridized carbons (Fsp3) is 0.238. The smallest absolute Gasteiger partial charge is 0.295 e. The predicted molar refractivity (Wildman–Crippen MR) is 118 cm³/mol. The van der Waals surface area contributed by atoms with Crippen LogP contribution in [0.5, 0.6) is 0 Å². The molecule has 5 nitrogen and oxygen atoms in total. The van der Waals surface area contributed by atoms with Crippen molar-refractivity contribution in [2.75, 3.05) is 32.1 Å². The molecule has 0 N–H and O–H groups in total. The maximum Gasteiger partial charge on any atom is 0.295 e. The molecular weight excluding hydrogens is 394 g/mol. The van der Waals surface area contributed by atoms with E-state index in [9.17, 15) is 4.79 Å². The van der Waals surface area contributed by atoms with E-state index < -0.39 is 0 Å². The van der Waals surface area contributed by atoms with Gasteiger partial charge in [0.25, 0.3) is 5.91 Å². The molecule has 0 unspecified atom stereocenters. The van der Waals surface area contributed by atoms with Crippen molar-refractivity contribution in [3.63, 3.8) is 0 Å². The van der Waals surface area contributed by atoms with Crippen molar-refractivity contribution >= 4 is 56.0 Å². The van der Waals surface area contributed by atoms with Crippen LogP contribution in [0.25, 0.3) is 21.2 Å². The molecule has 28 heavy (non-hydrogen) atoms. The van der Waals surface area contributed by atoms with Gasteiger partial charge >= 0.3 is 0 Å². The molecule has 4 aromatic rings. The van der Waals surface area contributed by atoms with Crippen LogP contribution in [-0.4, -0.2) is 43.0 Å². The lowest BCUT2D eigenvalue weighted by atomic mass is 10.2. The molecule has 0 aliphatic heterocycles. The van der Waals surface area contributed by atoms with Gasteiger partial charge in [-0.1, -0.05) is 35.6 Å². The Morgan fingerprint density at radius 2 is 1.89 bits per heavy atom. The first-order valence-electron chi connectivity index (χ1n) is 8.83. The highest BCUT2D eigenvalue weighted by molar-refractivity contribution is 7.22. The van der Waals surface area contributed by atoms with Gasteiger partial charge in [-0.25, -0.2) is 4.98 Å². The molecule has 0 fully saturated rings. The van der Waals surface area contributed by atoms with Crippen molar-refractivity contribution < 1.29 is 9.21 Å². The van der Waals surface area contributed by atoms with Gasteiger partial charge in [0, 0.05) is 18.5 Å². The summed E-state index contributed by atoms with van der Waals surface area (Å²) >= 11 is 1.53. The number of amides is 1. The SMILES string of the molecule is Cc1ccc2nc(N(CCN(C)C)C(=O)c3cc4ccccc4o3)sc2c1.Cl. The lowest BCUT2D eigenvalue weighted by molar-refractivity contribution is 0.0960. The predicted octanol–water partition coefficient (Wildman–Crippen LogP) is 4.98. The van der Waals surface area contributed by atoms with Gasteiger partial charge in [-0.05, 0) is 50.8 Å². The molecule has 0 saturated heterocycles. The molecule has 0 saturated carbocycles. The van der Waals surface area contributed by atoms with Crippen LogP contribution in [0, 0.1) is 6.92 Å². The van der Waals surface area contributed by atoms with Crippen LogP contribution in [-0.2, 0) is 0 Å². The summed E-state index contributed by atoms with van der Waals surface area (Å²) in [6.45, 7) is 3.34. The first-order valence-corrected chi connectivity index (χ1v) is 9.65. The van der Waals surface area contributed by atoms with E-state index in [1.807, 2.05) is 50.5 Å². The zero-order chi connectivity index (χ0) is 19.0. The number of halogens is 1. The average molecular weight is 416 g/mol. The number of likely N-dealkylation sites (N-methyl/N-ethyl adjacent to an activating group) is 1. The summed E-state index contributed by atoms with van der Waals surface area (Å²) < 4.78 is 6.89. The molecule has 0 radical (unpaired) electrons. The Bertz CT molecular complexity index is 1090. The number of nitrogens with zero attached hydrogens (tertiary/aromatic N) is 3. The highest BCUT2D eigenvalue weighted by atomic mass is 35.5. The number of aryl methyl sites for hydroxylation is 1. The van der Waals surface area contributed by atoms with Gasteiger partial charge in [-0.15, -0.1) is 12.4 Å². The monoisotopic (exact) mass is 415 g/mol. The Labute approximate surface area is 174 Å². The summed E-state index contributed by atoms with van der Waals surface area (Å²) in [6, 6.07) is 15.6. The molecule has 2 heterocycles. The summed E-state index contributed by atoms with van der Waals surface area (Å²) in [5, 5.41) is 1.62. The first kappa shape index (κ1) is 20.3. The summed E-state index contributed by atoms with van der Waals surface area (Å²) in [6.07, 6.45) is 0. The van der Waals surface area contributed by atoms with Gasteiger partial charge in [0.1, 0.15) is 5.58 Å². The Morgan fingerprint density at radius 3 is 2.64 bits per heavy atom. The molecule has 146 valence electrons. The van der Waals surface area contributed by atoms with E-state index in [2.05, 4.69) is 17.9 Å². The summed E-state index contributed by atoms with van der Waals surface area (Å²) in [5.41, 5.74) is 2.81. The Kier molecular flexibility index (Phi) is 6.03. The van der Waals surface area contributed by atoms with E-state index in [1.54, 1.807) is 11.0 Å². The summed E-state index contributed by atoms with van der Waals surface area (Å²) in [4.78, 5) is 21.7. The molecule has 1 amide bonds. The molecule has 2 aromatic carbocycles. The highest BCUT2D eigenvalue weighted by Crippen LogP contribution is 2.31. The van der Waals surface area contributed by atoms with E-state index in [-0.39, 0.29) is 18.3 Å². The van der Waals surface area contributed by atoms with E-state index >= 15 is 0 Å². The topological polar surface area (TPSA) is 49.6 Å². The van der Waals surface area contributed by atoms with Gasteiger partial charge in [0.2, 0.25) is 0 Å². The van der Waals surface area contributed by atoms with Crippen LogP contribution in [0.4, 0.5) is 5.13 Å². The quantitative estimate of drug-likeness (QED) is 0.461. The zero-order valence-corrected chi connectivity index (χ0v) is 17.6. The number of thiazole rings is 1. The molecule has 0 bridgehead atoms. The average Bonchev–Trinajstić information content (AvgIpc) is 3.24. The first-order chi connectivity index (χ1) is 13.0. The van der Waals surface area contributed by atoms with E-state index in [0.717, 1.165) is 22.1 Å². The Hall–Kier alpha value is -2.41. The number of furan rings is 1. The third-order valence-electron chi connectivity index (χ3n) is 4.42. The van der Waals surface area contributed by atoms with E-state index in [0.29, 0.717) is 23.0 Å². The lowest BCUT2D eigenvalue weighted by Gasteiger charge is -2.20.